The summed E-state index contributed by atoms with van der Waals surface area (Å²) in [7, 11) is 0. The Hall–Kier alpha value is -1.81. The molecule has 0 unspecified atom stereocenters. The monoisotopic (exact) mass is 299 g/mol. The van der Waals surface area contributed by atoms with Gasteiger partial charge in [-0.25, -0.2) is 4.98 Å². The van der Waals surface area contributed by atoms with Crippen LogP contribution in [0.3, 0.4) is 0 Å². The van der Waals surface area contributed by atoms with E-state index in [2.05, 4.69) is 72.9 Å². The minimum absolute atomic E-state index is 0.574. The summed E-state index contributed by atoms with van der Waals surface area (Å²) < 4.78 is 2.20. The van der Waals surface area contributed by atoms with Crippen LogP contribution in [-0.2, 0) is 6.54 Å². The molecule has 0 saturated heterocycles. The van der Waals surface area contributed by atoms with Crippen molar-refractivity contribution in [3.8, 4) is 0 Å². The molecule has 0 amide bonds. The number of aryl methyl sites for hydroxylation is 2. The molecule has 110 valence electrons. The van der Waals surface area contributed by atoms with Crippen LogP contribution < -0.4 is 5.32 Å². The third kappa shape index (κ3) is 2.81. The van der Waals surface area contributed by atoms with E-state index >= 15 is 0 Å². The van der Waals surface area contributed by atoms with Gasteiger partial charge in [0, 0.05) is 16.8 Å². The Morgan fingerprint density at radius 2 is 1.90 bits per heavy atom. The fourth-order valence-corrected chi connectivity index (χ4v) is 3.38. The zero-order chi connectivity index (χ0) is 15.0. The molecule has 1 N–H and O–H groups in total. The standard InChI is InChI=1S/C17H21N3S/c1-11(2)14-5-7-15(8-6-14)18-9-16-13(4)19-17-20(16)10-12(3)21-17/h5-8,10-11,18H,9H2,1-4H3. The van der Waals surface area contributed by atoms with Crippen molar-refractivity contribution < 1.29 is 0 Å². The molecule has 2 aromatic heterocycles. The molecule has 21 heavy (non-hydrogen) atoms. The predicted molar refractivity (Wildman–Crippen MR) is 90.4 cm³/mol. The van der Waals surface area contributed by atoms with E-state index in [4.69, 9.17) is 0 Å². The highest BCUT2D eigenvalue weighted by atomic mass is 32.1. The summed E-state index contributed by atoms with van der Waals surface area (Å²) in [6.07, 6.45) is 2.17. The summed E-state index contributed by atoms with van der Waals surface area (Å²) in [5.41, 5.74) is 4.87. The van der Waals surface area contributed by atoms with Crippen LogP contribution in [0.2, 0.25) is 0 Å². The van der Waals surface area contributed by atoms with E-state index in [0.29, 0.717) is 5.92 Å². The SMILES string of the molecule is Cc1cn2c(CNc3ccc(C(C)C)cc3)c(C)nc2s1. The smallest absolute Gasteiger partial charge is 0.194 e. The maximum Gasteiger partial charge on any atom is 0.194 e. The summed E-state index contributed by atoms with van der Waals surface area (Å²) in [6, 6.07) is 8.70. The van der Waals surface area contributed by atoms with Gasteiger partial charge in [-0.1, -0.05) is 26.0 Å². The molecule has 0 aliphatic carbocycles. The number of nitrogens with zero attached hydrogens (tertiary/aromatic N) is 2. The minimum atomic E-state index is 0.574. The van der Waals surface area contributed by atoms with Crippen LogP contribution >= 0.6 is 11.3 Å². The zero-order valence-corrected chi connectivity index (χ0v) is 13.8. The lowest BCUT2D eigenvalue weighted by Crippen LogP contribution is -2.03. The molecule has 0 aliphatic rings. The number of rotatable bonds is 4. The van der Waals surface area contributed by atoms with Gasteiger partial charge in [0.15, 0.2) is 4.96 Å². The van der Waals surface area contributed by atoms with E-state index in [1.54, 1.807) is 11.3 Å². The average Bonchev–Trinajstić information content (AvgIpc) is 2.92. The van der Waals surface area contributed by atoms with Gasteiger partial charge >= 0.3 is 0 Å². The molecule has 4 heteroatoms. The van der Waals surface area contributed by atoms with Crippen molar-refractivity contribution in [2.24, 2.45) is 0 Å². The van der Waals surface area contributed by atoms with Gasteiger partial charge in [-0.05, 0) is 37.5 Å². The first-order valence-corrected chi connectivity index (χ1v) is 8.14. The predicted octanol–water partition coefficient (Wildman–Crippen LogP) is 4.75. The van der Waals surface area contributed by atoms with E-state index < -0.39 is 0 Å². The largest absolute Gasteiger partial charge is 0.379 e. The minimum Gasteiger partial charge on any atom is -0.379 e. The first-order valence-electron chi connectivity index (χ1n) is 7.32. The van der Waals surface area contributed by atoms with Crippen molar-refractivity contribution in [1.29, 1.82) is 0 Å². The van der Waals surface area contributed by atoms with Crippen LogP contribution in [0.5, 0.6) is 0 Å². The number of hydrogen-bond donors (Lipinski definition) is 1. The van der Waals surface area contributed by atoms with Crippen LogP contribution in [0.15, 0.2) is 30.5 Å². The van der Waals surface area contributed by atoms with Crippen molar-refractivity contribution >= 4 is 22.0 Å². The number of benzene rings is 1. The number of nitrogens with one attached hydrogen (secondary N) is 1. The average molecular weight is 299 g/mol. The van der Waals surface area contributed by atoms with Gasteiger partial charge < -0.3 is 5.32 Å². The van der Waals surface area contributed by atoms with Crippen molar-refractivity contribution in [3.63, 3.8) is 0 Å². The van der Waals surface area contributed by atoms with Gasteiger partial charge in [-0.3, -0.25) is 4.40 Å². The summed E-state index contributed by atoms with van der Waals surface area (Å²) in [5.74, 6) is 0.574. The lowest BCUT2D eigenvalue weighted by Gasteiger charge is -2.09. The van der Waals surface area contributed by atoms with E-state index in [9.17, 15) is 0 Å². The molecular weight excluding hydrogens is 278 g/mol. The van der Waals surface area contributed by atoms with E-state index in [-0.39, 0.29) is 0 Å². The van der Waals surface area contributed by atoms with Gasteiger partial charge in [0.1, 0.15) is 0 Å². The van der Waals surface area contributed by atoms with Crippen LogP contribution in [0.1, 0.15) is 41.6 Å². The second-order valence-electron chi connectivity index (χ2n) is 5.77. The molecule has 0 atom stereocenters. The van der Waals surface area contributed by atoms with Gasteiger partial charge in [-0.2, -0.15) is 0 Å². The van der Waals surface area contributed by atoms with Gasteiger partial charge in [0.25, 0.3) is 0 Å². The number of anilines is 1. The maximum absolute atomic E-state index is 4.63. The first kappa shape index (κ1) is 14.1. The van der Waals surface area contributed by atoms with Crippen molar-refractivity contribution in [2.45, 2.75) is 40.2 Å². The molecular formula is C17H21N3S. The molecule has 0 fully saturated rings. The van der Waals surface area contributed by atoms with Gasteiger partial charge in [-0.15, -0.1) is 11.3 Å². The Bertz CT molecular complexity index is 750. The third-order valence-corrected chi connectivity index (χ3v) is 4.68. The van der Waals surface area contributed by atoms with Crippen LogP contribution in [0, 0.1) is 13.8 Å². The number of hydrogen-bond acceptors (Lipinski definition) is 3. The summed E-state index contributed by atoms with van der Waals surface area (Å²) in [6.45, 7) is 9.43. The molecule has 0 spiro atoms. The number of imidazole rings is 1. The highest BCUT2D eigenvalue weighted by Gasteiger charge is 2.10. The summed E-state index contributed by atoms with van der Waals surface area (Å²) in [5, 5.41) is 3.50. The van der Waals surface area contributed by atoms with Crippen LogP contribution in [0.4, 0.5) is 5.69 Å². The second kappa shape index (κ2) is 5.53. The van der Waals surface area contributed by atoms with Crippen LogP contribution in [0.25, 0.3) is 4.96 Å². The third-order valence-electron chi connectivity index (χ3n) is 3.78. The van der Waals surface area contributed by atoms with E-state index in [1.807, 2.05) is 0 Å². The Morgan fingerprint density at radius 3 is 2.57 bits per heavy atom. The van der Waals surface area contributed by atoms with Crippen molar-refractivity contribution in [2.75, 3.05) is 5.32 Å². The van der Waals surface area contributed by atoms with E-state index in [1.165, 1.54) is 16.1 Å². The molecule has 3 nitrogen and oxygen atoms in total. The Balaban J connectivity index is 1.78. The molecule has 0 radical (unpaired) electrons. The summed E-state index contributed by atoms with van der Waals surface area (Å²) in [4.78, 5) is 7.00. The quantitative estimate of drug-likeness (QED) is 0.753. The number of aromatic nitrogens is 2. The van der Waals surface area contributed by atoms with Crippen LogP contribution in [-0.4, -0.2) is 9.38 Å². The number of thiazole rings is 1. The fraction of sp³-hybridized carbons (Fsp3) is 0.353. The Morgan fingerprint density at radius 1 is 1.19 bits per heavy atom. The Labute approximate surface area is 129 Å². The molecule has 3 aromatic rings. The van der Waals surface area contributed by atoms with Crippen molar-refractivity contribution in [3.05, 3.63) is 52.3 Å². The van der Waals surface area contributed by atoms with Gasteiger partial charge in [0.05, 0.1) is 17.9 Å². The molecule has 3 rings (SSSR count). The highest BCUT2D eigenvalue weighted by molar-refractivity contribution is 7.17. The highest BCUT2D eigenvalue weighted by Crippen LogP contribution is 2.22. The zero-order valence-electron chi connectivity index (χ0n) is 13.0. The second-order valence-corrected chi connectivity index (χ2v) is 6.98. The topological polar surface area (TPSA) is 29.3 Å². The number of fused-ring (bicyclic) bond motifs is 1. The molecule has 2 heterocycles. The maximum atomic E-state index is 4.63. The Kier molecular flexibility index (Phi) is 3.72. The molecule has 0 aliphatic heterocycles. The van der Waals surface area contributed by atoms with Gasteiger partial charge in [0.2, 0.25) is 0 Å². The molecule has 1 aromatic carbocycles. The molecule has 0 bridgehead atoms. The normalized spacial score (nSPS) is 11.5. The first-order chi connectivity index (χ1) is 10.0. The lowest BCUT2D eigenvalue weighted by molar-refractivity contribution is 0.866. The lowest BCUT2D eigenvalue weighted by atomic mass is 10.0. The molecule has 0 saturated carbocycles. The summed E-state index contributed by atoms with van der Waals surface area (Å²) >= 11 is 1.74. The van der Waals surface area contributed by atoms with Crippen molar-refractivity contribution in [1.82, 2.24) is 9.38 Å². The fourth-order valence-electron chi connectivity index (χ4n) is 2.49. The van der Waals surface area contributed by atoms with E-state index in [0.717, 1.165) is 22.9 Å².